The first-order valence-electron chi connectivity index (χ1n) is 33.7. The van der Waals surface area contributed by atoms with Gasteiger partial charge in [-0.2, -0.15) is 0 Å². The van der Waals surface area contributed by atoms with Crippen molar-refractivity contribution in [3.8, 4) is 0 Å². The van der Waals surface area contributed by atoms with Gasteiger partial charge in [0.05, 0.1) is 31.5 Å². The molecule has 542 valence electrons. The summed E-state index contributed by atoms with van der Waals surface area (Å²) >= 11 is 0. The molecule has 1 aliphatic heterocycles. The van der Waals surface area contributed by atoms with E-state index in [0.717, 1.165) is 14.7 Å². The van der Waals surface area contributed by atoms with E-state index in [1.165, 1.54) is 88.9 Å². The summed E-state index contributed by atoms with van der Waals surface area (Å²) < 4.78 is 11.9. The fourth-order valence-corrected chi connectivity index (χ4v) is 11.6. The van der Waals surface area contributed by atoms with E-state index in [2.05, 4.69) is 27.8 Å². The van der Waals surface area contributed by atoms with Crippen LogP contribution in [0.4, 0.5) is 0 Å². The summed E-state index contributed by atoms with van der Waals surface area (Å²) in [5.74, 6) is -10.8. The molecule has 1 saturated heterocycles. The first-order chi connectivity index (χ1) is 44.0. The maximum atomic E-state index is 15.3. The fourth-order valence-electron chi connectivity index (χ4n) is 11.6. The van der Waals surface area contributed by atoms with E-state index >= 15 is 33.6 Å². The highest BCUT2D eigenvalue weighted by atomic mass is 16.5. The van der Waals surface area contributed by atoms with Crippen LogP contribution in [-0.4, -0.2) is 258 Å². The Morgan fingerprint density at radius 3 is 1.47 bits per heavy atom. The Morgan fingerprint density at radius 2 is 0.989 bits per heavy atom. The van der Waals surface area contributed by atoms with Crippen LogP contribution in [0.25, 0.3) is 0 Å². The second-order valence-electron chi connectivity index (χ2n) is 28.3. The highest BCUT2D eigenvalue weighted by Crippen LogP contribution is 2.27. The molecule has 1 heterocycles. The summed E-state index contributed by atoms with van der Waals surface area (Å²) in [6, 6.07) is -14.9. The number of carbonyl (C=O) groups excluding carboxylic acids is 12. The van der Waals surface area contributed by atoms with E-state index in [1.54, 1.807) is 74.5 Å². The van der Waals surface area contributed by atoms with Crippen molar-refractivity contribution in [2.24, 2.45) is 35.5 Å². The fraction of sp³-hybridized carbons (Fsp3) is 0.768. The molecular formula is C69H121N11O15. The predicted octanol–water partition coefficient (Wildman–Crippen LogP) is 3.57. The largest absolute Gasteiger partial charge is 0.390 e. The molecule has 1 aliphatic rings. The lowest BCUT2D eigenvalue weighted by molar-refractivity contribution is -0.157. The zero-order valence-corrected chi connectivity index (χ0v) is 61.8. The Hall–Kier alpha value is -6.80. The summed E-state index contributed by atoms with van der Waals surface area (Å²) in [5, 5.41) is 23.3. The normalized spacial score (nSPS) is 26.1. The van der Waals surface area contributed by atoms with E-state index in [0.29, 0.717) is 6.29 Å². The van der Waals surface area contributed by atoms with Crippen LogP contribution in [0.2, 0.25) is 0 Å². The van der Waals surface area contributed by atoms with Crippen molar-refractivity contribution in [3.63, 3.8) is 0 Å². The Balaban J connectivity index is 4.62. The molecule has 0 unspecified atom stereocenters. The molecule has 0 saturated carbocycles. The van der Waals surface area contributed by atoms with Crippen LogP contribution in [0.15, 0.2) is 24.8 Å². The summed E-state index contributed by atoms with van der Waals surface area (Å²) in [7, 11) is 9.65. The molecule has 13 atom stereocenters. The lowest BCUT2D eigenvalue weighted by Gasteiger charge is -2.41. The number of allylic oxidation sites excluding steroid dienone is 2. The minimum atomic E-state index is -1.70. The number of likely N-dealkylation sites (N-methyl/N-ethyl adjacent to an activating group) is 7. The SMILES string of the molecule is C=CCOC(C)(C)C[C@H]1C(=O)N[C@@H](C(C)C)C(=O)N(C)[C@@H](CC(C)C)C(=O)N[C@@H](C)C(=O)N[C@H](C)C(=O)N(C)[C@@H](CC(C)C)C(=O)N(C)[C@@H](CC(C)C)C(=O)N(C)[C@@H](C(C)C)C(=O)N(C)[C@@H]([C@H](O)[C@H](C)CC=CC)C(=O)N[C@@H](CC)C(=O)N(C)[C@H](COCCC=O)C(=O)N1C. The third-order valence-corrected chi connectivity index (χ3v) is 17.6. The van der Waals surface area contributed by atoms with Crippen LogP contribution in [-0.2, 0) is 67.0 Å². The molecule has 0 aliphatic carbocycles. The Morgan fingerprint density at radius 1 is 0.537 bits per heavy atom. The van der Waals surface area contributed by atoms with Crippen molar-refractivity contribution in [2.75, 3.05) is 69.2 Å². The van der Waals surface area contributed by atoms with Crippen molar-refractivity contribution < 1.29 is 72.1 Å². The molecule has 26 heteroatoms. The van der Waals surface area contributed by atoms with Gasteiger partial charge in [-0.3, -0.25) is 52.7 Å². The van der Waals surface area contributed by atoms with Gasteiger partial charge < -0.3 is 74.9 Å². The van der Waals surface area contributed by atoms with Crippen LogP contribution >= 0.6 is 0 Å². The van der Waals surface area contributed by atoms with Gasteiger partial charge in [0.1, 0.15) is 72.7 Å². The standard InChI is InChI=1S/C69H121N11O15/c1-26-29-31-45(14)57(82)56-61(86)72-48(28-3)63(88)78(23)53(39-94-34-30-32-81)66(91)77(22)52(38-69(17,18)95-33-27-2)60(85)73-54(43(10)11)67(92)74(19)49(35-40(4)5)59(84)70-46(15)58(83)71-47(16)62(87)75(20)50(36-41(6)7)64(89)76(21)51(37-42(8)9)65(90)79(24)55(44(12)13)68(93)80(56)25/h26-27,29,32,40-57,82H,2,28,30-31,33-39H2,1,3-25H3,(H,70,84)(H,71,83)(H,72,86)(H,73,85)/t45-,46+,47-,48+,49+,50+,51+,52+,53-,54+,55+,56+,57-/m1/s1. The summed E-state index contributed by atoms with van der Waals surface area (Å²) in [4.78, 5) is 184. The van der Waals surface area contributed by atoms with Crippen LogP contribution in [0.1, 0.15) is 163 Å². The van der Waals surface area contributed by atoms with E-state index in [-0.39, 0.29) is 75.9 Å². The molecule has 26 nitrogen and oxygen atoms in total. The molecule has 11 amide bonds. The molecule has 1 fully saturated rings. The second-order valence-corrected chi connectivity index (χ2v) is 28.3. The molecule has 1 rings (SSSR count). The number of aldehydes is 1. The maximum Gasteiger partial charge on any atom is 0.248 e. The number of rotatable bonds is 23. The van der Waals surface area contributed by atoms with Crippen molar-refractivity contribution in [2.45, 2.75) is 241 Å². The quantitative estimate of drug-likeness (QED) is 0.0555. The Kier molecular flexibility index (Phi) is 36.3. The number of aliphatic hydroxyl groups is 1. The molecule has 0 aromatic heterocycles. The van der Waals surface area contributed by atoms with Gasteiger partial charge in [-0.05, 0) is 102 Å². The smallest absolute Gasteiger partial charge is 0.248 e. The number of aliphatic hydroxyl groups excluding tert-OH is 1. The van der Waals surface area contributed by atoms with Gasteiger partial charge in [0.25, 0.3) is 0 Å². The zero-order valence-electron chi connectivity index (χ0n) is 61.8. The summed E-state index contributed by atoms with van der Waals surface area (Å²) in [6.07, 6.45) is 4.34. The van der Waals surface area contributed by atoms with E-state index in [4.69, 9.17) is 9.47 Å². The van der Waals surface area contributed by atoms with E-state index in [1.807, 2.05) is 41.5 Å². The average molecular weight is 1340 g/mol. The molecule has 0 aromatic rings. The third-order valence-electron chi connectivity index (χ3n) is 17.6. The Labute approximate surface area is 567 Å². The number of nitrogens with one attached hydrogen (secondary N) is 4. The molecule has 0 aromatic carbocycles. The molecule has 0 radical (unpaired) electrons. The first kappa shape index (κ1) is 86.2. The van der Waals surface area contributed by atoms with Crippen LogP contribution in [0.3, 0.4) is 0 Å². The van der Waals surface area contributed by atoms with Crippen molar-refractivity contribution >= 4 is 71.3 Å². The third kappa shape index (κ3) is 25.0. The molecule has 0 spiro atoms. The highest BCUT2D eigenvalue weighted by molar-refractivity contribution is 6.00. The van der Waals surface area contributed by atoms with Gasteiger partial charge in [0.15, 0.2) is 0 Å². The number of ether oxygens (including phenoxy) is 2. The summed E-state index contributed by atoms with van der Waals surface area (Å²) in [5.41, 5.74) is -1.16. The average Bonchev–Trinajstić information content (AvgIpc) is 0.811. The van der Waals surface area contributed by atoms with Crippen molar-refractivity contribution in [1.29, 1.82) is 0 Å². The van der Waals surface area contributed by atoms with Gasteiger partial charge in [-0.1, -0.05) is 101 Å². The van der Waals surface area contributed by atoms with Crippen LogP contribution in [0.5, 0.6) is 0 Å². The Bertz CT molecular complexity index is 2630. The minimum absolute atomic E-state index is 0.0445. The number of amides is 11. The number of hydrogen-bond donors (Lipinski definition) is 5. The molecular weight excluding hydrogens is 1220 g/mol. The number of hydrogen-bond acceptors (Lipinski definition) is 15. The van der Waals surface area contributed by atoms with Gasteiger partial charge in [0, 0.05) is 62.2 Å². The predicted molar refractivity (Wildman–Crippen MR) is 364 cm³/mol. The van der Waals surface area contributed by atoms with Crippen molar-refractivity contribution in [3.05, 3.63) is 24.8 Å². The van der Waals surface area contributed by atoms with Crippen molar-refractivity contribution in [1.82, 2.24) is 55.6 Å². The lowest BCUT2D eigenvalue weighted by Crippen LogP contribution is -2.64. The summed E-state index contributed by atoms with van der Waals surface area (Å²) in [6.45, 7) is 32.3. The molecule has 95 heavy (non-hydrogen) atoms. The topological polar surface area (TPSA) is 314 Å². The van der Waals surface area contributed by atoms with Gasteiger partial charge in [0.2, 0.25) is 65.0 Å². The minimum Gasteiger partial charge on any atom is -0.390 e. The highest BCUT2D eigenvalue weighted by Gasteiger charge is 2.47. The van der Waals surface area contributed by atoms with E-state index in [9.17, 15) is 29.1 Å². The second kappa shape index (κ2) is 40.0. The van der Waals surface area contributed by atoms with Gasteiger partial charge >= 0.3 is 0 Å². The lowest BCUT2D eigenvalue weighted by atomic mass is 9.91. The van der Waals surface area contributed by atoms with Crippen LogP contribution < -0.4 is 21.3 Å². The monoisotopic (exact) mass is 1340 g/mol. The first-order valence-corrected chi connectivity index (χ1v) is 33.7. The zero-order chi connectivity index (χ0) is 73.4. The number of carbonyl (C=O) groups is 12. The van der Waals surface area contributed by atoms with Crippen LogP contribution in [0, 0.1) is 35.5 Å². The van der Waals surface area contributed by atoms with E-state index < -0.39 is 168 Å². The van der Waals surface area contributed by atoms with Gasteiger partial charge in [-0.25, -0.2) is 0 Å². The maximum absolute atomic E-state index is 15.3. The van der Waals surface area contributed by atoms with Gasteiger partial charge in [-0.15, -0.1) is 6.58 Å². The molecule has 5 N–H and O–H groups in total. The number of nitrogens with zero attached hydrogens (tertiary/aromatic N) is 7. The molecule has 0 bridgehead atoms.